The molecule has 0 N–H and O–H groups in total. The van der Waals surface area contributed by atoms with E-state index in [0.717, 1.165) is 11.0 Å². The van der Waals surface area contributed by atoms with Crippen LogP contribution < -0.4 is 4.98 Å². The van der Waals surface area contributed by atoms with Gasteiger partial charge in [0.1, 0.15) is 0 Å². The molecule has 0 bridgehead atoms. The molecule has 2 heterocycles. The Kier molecular flexibility index (Phi) is 7.35. The molecule has 1 aliphatic heterocycles. The van der Waals surface area contributed by atoms with Crippen LogP contribution in [-0.4, -0.2) is 15.2 Å². The molecule has 0 radical (unpaired) electrons. The predicted molar refractivity (Wildman–Crippen MR) is 141 cm³/mol. The molecule has 0 amide bonds. The zero-order chi connectivity index (χ0) is 23.7. The van der Waals surface area contributed by atoms with Gasteiger partial charge in [-0.1, -0.05) is 94.1 Å². The number of hydrogen-bond donors (Lipinski definition) is 0. The second kappa shape index (κ2) is 10.4. The van der Waals surface area contributed by atoms with Gasteiger partial charge in [0.15, 0.2) is 0 Å². The van der Waals surface area contributed by atoms with Crippen LogP contribution in [0.4, 0.5) is 11.4 Å². The van der Waals surface area contributed by atoms with E-state index in [1.165, 1.54) is 44.4 Å². The Bertz CT molecular complexity index is 1480. The topological polar surface area (TPSA) is 20.1 Å². The summed E-state index contributed by atoms with van der Waals surface area (Å²) >= 11 is 0. The molecule has 35 heavy (non-hydrogen) atoms. The van der Waals surface area contributed by atoms with Crippen molar-refractivity contribution in [2.75, 3.05) is 0 Å². The second-order valence-corrected chi connectivity index (χ2v) is 8.77. The Hall–Kier alpha value is -3.46. The van der Waals surface area contributed by atoms with Crippen LogP contribution in [-0.2, 0) is 22.4 Å². The van der Waals surface area contributed by atoms with Gasteiger partial charge in [0.25, 0.3) is 12.4 Å². The van der Waals surface area contributed by atoms with Crippen molar-refractivity contribution in [2.24, 2.45) is 0 Å². The molecular weight excluding hydrogens is 611 g/mol. The van der Waals surface area contributed by atoms with Crippen LogP contribution in [0.1, 0.15) is 22.3 Å². The van der Waals surface area contributed by atoms with E-state index in [1.807, 2.05) is 12.1 Å². The minimum atomic E-state index is 0. The van der Waals surface area contributed by atoms with Gasteiger partial charge in [-0.15, -0.1) is 11.0 Å². The number of aromatic nitrogens is 1. The third-order valence-electron chi connectivity index (χ3n) is 6.28. The number of aryl methyl sites for hydroxylation is 4. The first kappa shape index (κ1) is 24.7. The quantitative estimate of drug-likeness (QED) is 0.145. The first-order valence-electron chi connectivity index (χ1n) is 11.6. The summed E-state index contributed by atoms with van der Waals surface area (Å²) in [6.07, 6.45) is 4.14. The van der Waals surface area contributed by atoms with E-state index in [9.17, 15) is 0 Å². The summed E-state index contributed by atoms with van der Waals surface area (Å²) in [7, 11) is 0. The van der Waals surface area contributed by atoms with Crippen LogP contribution in [0.25, 0.3) is 21.8 Å². The van der Waals surface area contributed by atoms with Gasteiger partial charge in [0.05, 0.1) is 0 Å². The maximum absolute atomic E-state index is 4.52. The number of fused-ring (bicyclic) bond motifs is 3. The maximum Gasteiger partial charge on any atom is 1.00 e. The molecule has 6 rings (SSSR count). The number of rotatable bonds is 2. The zero-order valence-electron chi connectivity index (χ0n) is 20.4. The Morgan fingerprint density at radius 2 is 0.886 bits per heavy atom. The van der Waals surface area contributed by atoms with Crippen LogP contribution in [0.2, 0.25) is 0 Å². The number of para-hydroxylation sites is 4. The third kappa shape index (κ3) is 4.86. The van der Waals surface area contributed by atoms with Gasteiger partial charge in [-0.3, -0.25) is 0 Å². The van der Waals surface area contributed by atoms with Gasteiger partial charge >= 0.3 is 28.4 Å². The fraction of sp³-hybridized carbons (Fsp3) is 0.129. The average molecular weight is 640 g/mol. The van der Waals surface area contributed by atoms with Gasteiger partial charge in [-0.2, -0.15) is 0 Å². The minimum Gasteiger partial charge on any atom is -0.657 e. The number of benzene rings is 4. The molecule has 5 aromatic rings. The number of hydrogen-bond acceptors (Lipinski definition) is 0. The summed E-state index contributed by atoms with van der Waals surface area (Å²) in [6, 6.07) is 32.7. The van der Waals surface area contributed by atoms with Crippen molar-refractivity contribution in [1.82, 2.24) is 4.98 Å². The molecule has 1 aromatic heterocycles. The van der Waals surface area contributed by atoms with Crippen molar-refractivity contribution in [3.05, 3.63) is 120 Å². The van der Waals surface area contributed by atoms with Crippen molar-refractivity contribution in [3.8, 4) is 0 Å². The zero-order valence-corrected chi connectivity index (χ0v) is 22.5. The fourth-order valence-corrected chi connectivity index (χ4v) is 4.66. The third-order valence-corrected chi connectivity index (χ3v) is 6.28. The van der Waals surface area contributed by atoms with E-state index >= 15 is 0 Å². The Morgan fingerprint density at radius 3 is 1.29 bits per heavy atom. The van der Waals surface area contributed by atoms with Gasteiger partial charge in [-0.25, -0.2) is 0 Å². The fourth-order valence-electron chi connectivity index (χ4n) is 4.66. The normalized spacial score (nSPS) is 12.1. The van der Waals surface area contributed by atoms with Crippen molar-refractivity contribution in [1.29, 1.82) is 0 Å². The molecule has 0 unspecified atom stereocenters. The summed E-state index contributed by atoms with van der Waals surface area (Å²) in [5, 5.41) is 2.50. The van der Waals surface area contributed by atoms with E-state index < -0.39 is 0 Å². The van der Waals surface area contributed by atoms with Crippen LogP contribution in [0.15, 0.2) is 97.3 Å². The summed E-state index contributed by atoms with van der Waals surface area (Å²) < 4.78 is 4.16. The van der Waals surface area contributed by atoms with Crippen molar-refractivity contribution < 1.29 is 31.5 Å². The van der Waals surface area contributed by atoms with Crippen molar-refractivity contribution in [3.63, 3.8) is 0 Å². The summed E-state index contributed by atoms with van der Waals surface area (Å²) in [4.78, 5) is 4.52. The Balaban J connectivity index is 0.000000177. The summed E-state index contributed by atoms with van der Waals surface area (Å²) in [5.41, 5.74) is 9.63. The second-order valence-electron chi connectivity index (χ2n) is 8.77. The molecule has 3 nitrogen and oxygen atoms in total. The van der Waals surface area contributed by atoms with Gasteiger partial charge < -0.3 is 4.98 Å². The Morgan fingerprint density at radius 1 is 0.514 bits per heavy atom. The van der Waals surface area contributed by atoms with E-state index in [-0.39, 0.29) is 22.4 Å². The monoisotopic (exact) mass is 639 g/mol. The SMILES string of the molecule is Cc1cccc(C)c1[N+]1=C=[N+](c2c(C)cccc2C)C=C1.[Au+].c1ccc2c(c1)[n-]c1ccccc12. The van der Waals surface area contributed by atoms with Crippen LogP contribution >= 0.6 is 0 Å². The van der Waals surface area contributed by atoms with Crippen LogP contribution in [0.3, 0.4) is 0 Å². The molecule has 0 atom stereocenters. The smallest absolute Gasteiger partial charge is 0.657 e. The minimum absolute atomic E-state index is 0. The van der Waals surface area contributed by atoms with Gasteiger partial charge in [0, 0.05) is 22.3 Å². The average Bonchev–Trinajstić information content (AvgIpc) is 3.44. The van der Waals surface area contributed by atoms with E-state index in [1.54, 1.807) is 0 Å². The molecule has 0 fully saturated rings. The summed E-state index contributed by atoms with van der Waals surface area (Å²) in [6.45, 7) is 8.55. The maximum atomic E-state index is 4.52. The molecule has 0 spiro atoms. The van der Waals surface area contributed by atoms with E-state index in [0.29, 0.717) is 0 Å². The van der Waals surface area contributed by atoms with Crippen LogP contribution in [0.5, 0.6) is 0 Å². The first-order chi connectivity index (χ1) is 16.5. The molecule has 0 saturated carbocycles. The van der Waals surface area contributed by atoms with Gasteiger partial charge in [-0.05, 0) is 38.5 Å². The number of nitrogens with zero attached hydrogens (tertiary/aromatic N) is 3. The van der Waals surface area contributed by atoms with Crippen molar-refractivity contribution >= 4 is 39.2 Å². The molecule has 176 valence electrons. The molecule has 0 aliphatic carbocycles. The molecule has 4 aromatic carbocycles. The van der Waals surface area contributed by atoms with Crippen LogP contribution in [0, 0.1) is 27.7 Å². The predicted octanol–water partition coefficient (Wildman–Crippen LogP) is 7.51. The molecular formula is C31H28AuN3+2. The molecule has 1 aliphatic rings. The van der Waals surface area contributed by atoms with Gasteiger partial charge in [0.2, 0.25) is 11.4 Å². The largest absolute Gasteiger partial charge is 1.00 e. The van der Waals surface area contributed by atoms with E-state index in [4.69, 9.17) is 0 Å². The molecule has 0 saturated heterocycles. The van der Waals surface area contributed by atoms with E-state index in [2.05, 4.69) is 133 Å². The standard InChI is InChI=1S/C19H20N2.C12H8N.Au/c1-14-7-5-8-15(2)18(14)20-11-12-21(13-20)19-16(3)9-6-10-17(19)4;1-3-7-11-9(5-1)10-6-2-4-8-12(10)13-11;/h5-12H,1-4H3;1-8H;/q+2;-1;+1. The first-order valence-corrected chi connectivity index (χ1v) is 11.6. The van der Waals surface area contributed by atoms with Crippen molar-refractivity contribution in [2.45, 2.75) is 27.7 Å². The summed E-state index contributed by atoms with van der Waals surface area (Å²) in [5.74, 6) is 0. The molecule has 4 heteroatoms. The Labute approximate surface area is 222 Å².